The normalized spacial score (nSPS) is 12.6. The van der Waals surface area contributed by atoms with Gasteiger partial charge in [0.1, 0.15) is 0 Å². The molecule has 0 fully saturated rings. The Morgan fingerprint density at radius 1 is 1.24 bits per heavy atom. The number of benzene rings is 1. The van der Waals surface area contributed by atoms with Crippen molar-refractivity contribution in [3.8, 4) is 0 Å². The van der Waals surface area contributed by atoms with Crippen LogP contribution in [0.2, 0.25) is 0 Å². The highest BCUT2D eigenvalue weighted by atomic mass is 19.4. The Labute approximate surface area is 119 Å². The molecule has 1 rings (SSSR count). The average Bonchev–Trinajstić information content (AvgIpc) is 2.43. The van der Waals surface area contributed by atoms with E-state index in [0.29, 0.717) is 0 Å². The summed E-state index contributed by atoms with van der Waals surface area (Å²) < 4.78 is 37.1. The SMILES string of the molecule is CC(CO)NC(=O)CNC(=O)c1ccc(C(F)(F)F)cc1. The largest absolute Gasteiger partial charge is 0.416 e. The standard InChI is InChI=1S/C13H15F3N2O3/c1-8(7-19)18-11(20)6-17-12(21)9-2-4-10(5-3-9)13(14,15)16/h2-5,8,19H,6-7H2,1H3,(H,17,21)(H,18,20). The second-order valence-electron chi connectivity index (χ2n) is 4.41. The van der Waals surface area contributed by atoms with Gasteiger partial charge in [-0.3, -0.25) is 9.59 Å². The minimum atomic E-state index is -4.46. The number of halogens is 3. The van der Waals surface area contributed by atoms with Crippen LogP contribution in [-0.4, -0.2) is 36.1 Å². The Morgan fingerprint density at radius 2 is 1.81 bits per heavy atom. The van der Waals surface area contributed by atoms with E-state index in [9.17, 15) is 22.8 Å². The van der Waals surface area contributed by atoms with E-state index < -0.39 is 29.6 Å². The molecule has 1 aromatic rings. The van der Waals surface area contributed by atoms with Crippen LogP contribution in [0.5, 0.6) is 0 Å². The number of carbonyl (C=O) groups excluding carboxylic acids is 2. The van der Waals surface area contributed by atoms with Gasteiger partial charge in [-0.15, -0.1) is 0 Å². The maximum absolute atomic E-state index is 12.4. The van der Waals surface area contributed by atoms with Gasteiger partial charge in [0.05, 0.1) is 18.7 Å². The zero-order chi connectivity index (χ0) is 16.0. The lowest BCUT2D eigenvalue weighted by Crippen LogP contribution is -2.42. The Hall–Kier alpha value is -2.09. The van der Waals surface area contributed by atoms with Gasteiger partial charge in [-0.25, -0.2) is 0 Å². The van der Waals surface area contributed by atoms with Crippen molar-refractivity contribution < 1.29 is 27.9 Å². The molecule has 0 aliphatic carbocycles. The first-order valence-corrected chi connectivity index (χ1v) is 6.09. The molecule has 8 heteroatoms. The second-order valence-corrected chi connectivity index (χ2v) is 4.41. The number of carbonyl (C=O) groups is 2. The third-order valence-corrected chi connectivity index (χ3v) is 2.57. The van der Waals surface area contributed by atoms with Gasteiger partial charge >= 0.3 is 6.18 Å². The van der Waals surface area contributed by atoms with Crippen LogP contribution in [0.4, 0.5) is 13.2 Å². The minimum Gasteiger partial charge on any atom is -0.394 e. The predicted octanol–water partition coefficient (Wildman–Crippen LogP) is 0.932. The number of aliphatic hydroxyl groups is 1. The molecule has 1 atom stereocenters. The number of amides is 2. The van der Waals surface area contributed by atoms with Crippen LogP contribution in [0.1, 0.15) is 22.8 Å². The van der Waals surface area contributed by atoms with Crippen LogP contribution < -0.4 is 10.6 Å². The zero-order valence-electron chi connectivity index (χ0n) is 11.2. The molecule has 0 aliphatic heterocycles. The average molecular weight is 304 g/mol. The van der Waals surface area contributed by atoms with Crippen molar-refractivity contribution in [2.24, 2.45) is 0 Å². The number of hydrogen-bond donors (Lipinski definition) is 3. The molecule has 0 spiro atoms. The lowest BCUT2D eigenvalue weighted by atomic mass is 10.1. The zero-order valence-corrected chi connectivity index (χ0v) is 11.2. The van der Waals surface area contributed by atoms with Crippen molar-refractivity contribution in [1.29, 1.82) is 0 Å². The third-order valence-electron chi connectivity index (χ3n) is 2.57. The fourth-order valence-corrected chi connectivity index (χ4v) is 1.44. The third kappa shape index (κ3) is 5.42. The van der Waals surface area contributed by atoms with Gasteiger partial charge in [0.2, 0.25) is 5.91 Å². The summed E-state index contributed by atoms with van der Waals surface area (Å²) in [7, 11) is 0. The van der Waals surface area contributed by atoms with Crippen LogP contribution >= 0.6 is 0 Å². The summed E-state index contributed by atoms with van der Waals surface area (Å²) in [6.45, 7) is 1.01. The minimum absolute atomic E-state index is 0.0195. The lowest BCUT2D eigenvalue weighted by molar-refractivity contribution is -0.137. The molecule has 5 nitrogen and oxygen atoms in total. The summed E-state index contributed by atoms with van der Waals surface area (Å²) in [6, 6.07) is 3.21. The van der Waals surface area contributed by atoms with Crippen molar-refractivity contribution in [1.82, 2.24) is 10.6 Å². The summed E-state index contributed by atoms with van der Waals surface area (Å²) in [6.07, 6.45) is -4.46. The molecule has 0 saturated carbocycles. The second kappa shape index (κ2) is 7.07. The van der Waals surface area contributed by atoms with Crippen LogP contribution in [-0.2, 0) is 11.0 Å². The van der Waals surface area contributed by atoms with E-state index in [1.807, 2.05) is 0 Å². The molecule has 3 N–H and O–H groups in total. The molecule has 21 heavy (non-hydrogen) atoms. The molecule has 1 aromatic carbocycles. The molecule has 0 aliphatic rings. The van der Waals surface area contributed by atoms with Crippen molar-refractivity contribution in [2.45, 2.75) is 19.1 Å². The molecular weight excluding hydrogens is 289 g/mol. The maximum atomic E-state index is 12.4. The van der Waals surface area contributed by atoms with Gasteiger partial charge in [0.25, 0.3) is 5.91 Å². The fraction of sp³-hybridized carbons (Fsp3) is 0.385. The molecule has 0 heterocycles. The highest BCUT2D eigenvalue weighted by Gasteiger charge is 2.30. The number of hydrogen-bond acceptors (Lipinski definition) is 3. The van der Waals surface area contributed by atoms with E-state index in [1.165, 1.54) is 0 Å². The summed E-state index contributed by atoms with van der Waals surface area (Å²) >= 11 is 0. The highest BCUT2D eigenvalue weighted by Crippen LogP contribution is 2.28. The molecule has 1 unspecified atom stereocenters. The Kier molecular flexibility index (Phi) is 5.71. The predicted molar refractivity (Wildman–Crippen MR) is 68.5 cm³/mol. The van der Waals surface area contributed by atoms with Gasteiger partial charge in [0.15, 0.2) is 0 Å². The number of rotatable bonds is 5. The van der Waals surface area contributed by atoms with E-state index in [-0.39, 0.29) is 18.7 Å². The number of aliphatic hydroxyl groups excluding tert-OH is 1. The van der Waals surface area contributed by atoms with Gasteiger partial charge in [-0.05, 0) is 31.2 Å². The highest BCUT2D eigenvalue weighted by molar-refractivity contribution is 5.96. The van der Waals surface area contributed by atoms with Crippen LogP contribution in [0.15, 0.2) is 24.3 Å². The summed E-state index contributed by atoms with van der Waals surface area (Å²) in [4.78, 5) is 23.0. The van der Waals surface area contributed by atoms with Crippen molar-refractivity contribution >= 4 is 11.8 Å². The first-order valence-electron chi connectivity index (χ1n) is 6.09. The fourth-order valence-electron chi connectivity index (χ4n) is 1.44. The number of alkyl halides is 3. The van der Waals surface area contributed by atoms with Crippen molar-refractivity contribution in [2.75, 3.05) is 13.2 Å². The molecule has 0 bridgehead atoms. The van der Waals surface area contributed by atoms with Crippen molar-refractivity contribution in [3.05, 3.63) is 35.4 Å². The van der Waals surface area contributed by atoms with Gasteiger partial charge < -0.3 is 15.7 Å². The van der Waals surface area contributed by atoms with Gasteiger partial charge in [0, 0.05) is 11.6 Å². The summed E-state index contributed by atoms with van der Waals surface area (Å²) in [5.74, 6) is -1.16. The smallest absolute Gasteiger partial charge is 0.394 e. The van der Waals surface area contributed by atoms with E-state index in [1.54, 1.807) is 6.92 Å². The molecular formula is C13H15F3N2O3. The molecule has 0 saturated heterocycles. The van der Waals surface area contributed by atoms with Gasteiger partial charge in [-0.2, -0.15) is 13.2 Å². The molecule has 0 aromatic heterocycles. The summed E-state index contributed by atoms with van der Waals surface area (Å²) in [5.41, 5.74) is -0.834. The molecule has 2 amide bonds. The quantitative estimate of drug-likeness (QED) is 0.757. The van der Waals surface area contributed by atoms with E-state index in [0.717, 1.165) is 24.3 Å². The lowest BCUT2D eigenvalue weighted by Gasteiger charge is -2.11. The first kappa shape index (κ1) is 17.0. The topological polar surface area (TPSA) is 78.4 Å². The van der Waals surface area contributed by atoms with Crippen LogP contribution in [0.25, 0.3) is 0 Å². The van der Waals surface area contributed by atoms with Crippen molar-refractivity contribution in [3.63, 3.8) is 0 Å². The Balaban J connectivity index is 2.55. The van der Waals surface area contributed by atoms with Crippen LogP contribution in [0.3, 0.4) is 0 Å². The monoisotopic (exact) mass is 304 g/mol. The van der Waals surface area contributed by atoms with E-state index in [4.69, 9.17) is 5.11 Å². The van der Waals surface area contributed by atoms with Gasteiger partial charge in [-0.1, -0.05) is 0 Å². The molecule has 0 radical (unpaired) electrons. The Morgan fingerprint density at radius 3 is 2.29 bits per heavy atom. The number of nitrogens with one attached hydrogen (secondary N) is 2. The maximum Gasteiger partial charge on any atom is 0.416 e. The molecule has 116 valence electrons. The van der Waals surface area contributed by atoms with E-state index in [2.05, 4.69) is 10.6 Å². The summed E-state index contributed by atoms with van der Waals surface area (Å²) in [5, 5.41) is 13.4. The van der Waals surface area contributed by atoms with Crippen LogP contribution in [0, 0.1) is 0 Å². The first-order chi connectivity index (χ1) is 9.74. The Bertz CT molecular complexity index is 500. The van der Waals surface area contributed by atoms with E-state index >= 15 is 0 Å².